The third kappa shape index (κ3) is 3.69. The molecule has 2 aromatic rings. The molecule has 2 atom stereocenters. The van der Waals surface area contributed by atoms with Gasteiger partial charge in [-0.05, 0) is 55.5 Å². The standard InChI is InChI=1S/C21H24N4O3S/c22-19-4-3-17(28-16-1-2-16)9-18(19)21(23)14-5-6-24-20(8-14)25-10-13-7-15(25)12-29(26,27)11-13/h3-6,8-9,13,15-16,23H,1-2,7,10-12,22H2/p+1. The van der Waals surface area contributed by atoms with E-state index in [-0.39, 0.29) is 23.5 Å². The molecule has 7 nitrogen and oxygen atoms in total. The van der Waals surface area contributed by atoms with Crippen molar-refractivity contribution in [2.24, 2.45) is 5.92 Å². The van der Waals surface area contributed by atoms with Crippen molar-refractivity contribution < 1.29 is 18.6 Å². The highest BCUT2D eigenvalue weighted by Gasteiger charge is 2.42. The Morgan fingerprint density at radius 1 is 1.21 bits per heavy atom. The second-order valence-corrected chi connectivity index (χ2v) is 10.5. The summed E-state index contributed by atoms with van der Waals surface area (Å²) in [6.45, 7) is 0.715. The minimum absolute atomic E-state index is 0.0111. The summed E-state index contributed by atoms with van der Waals surface area (Å²) in [5.41, 5.74) is 8.89. The highest BCUT2D eigenvalue weighted by atomic mass is 32.2. The molecule has 1 aromatic heterocycles. The molecule has 2 unspecified atom stereocenters. The average Bonchev–Trinajstić information content (AvgIpc) is 3.44. The lowest BCUT2D eigenvalue weighted by Crippen LogP contribution is -2.41. The minimum Gasteiger partial charge on any atom is -0.490 e. The number of hydrogen-bond acceptors (Lipinski definition) is 6. The van der Waals surface area contributed by atoms with Crippen molar-refractivity contribution in [3.63, 3.8) is 0 Å². The van der Waals surface area contributed by atoms with E-state index < -0.39 is 9.84 Å². The molecule has 3 fully saturated rings. The van der Waals surface area contributed by atoms with Gasteiger partial charge in [0.15, 0.2) is 9.84 Å². The zero-order valence-electron chi connectivity index (χ0n) is 16.1. The van der Waals surface area contributed by atoms with Crippen LogP contribution in [0.4, 0.5) is 11.5 Å². The van der Waals surface area contributed by atoms with Gasteiger partial charge < -0.3 is 15.4 Å². The normalized spacial score (nSPS) is 25.0. The van der Waals surface area contributed by atoms with Crippen LogP contribution in [0.5, 0.6) is 5.75 Å². The van der Waals surface area contributed by atoms with Crippen LogP contribution in [0.1, 0.15) is 30.4 Å². The molecular formula is C21H25N4O3S+. The Morgan fingerprint density at radius 2 is 2.03 bits per heavy atom. The van der Waals surface area contributed by atoms with Crippen LogP contribution in [-0.2, 0) is 9.84 Å². The minimum atomic E-state index is -2.97. The Kier molecular flexibility index (Phi) is 4.27. The number of nitrogens with two attached hydrogens (primary N) is 2. The number of pyridine rings is 1. The van der Waals surface area contributed by atoms with E-state index in [4.69, 9.17) is 15.9 Å². The maximum Gasteiger partial charge on any atom is 0.213 e. The van der Waals surface area contributed by atoms with Gasteiger partial charge in [-0.15, -0.1) is 0 Å². The second-order valence-electron chi connectivity index (χ2n) is 8.37. The Labute approximate surface area is 170 Å². The van der Waals surface area contributed by atoms with Crippen molar-refractivity contribution in [2.75, 3.05) is 28.7 Å². The third-order valence-corrected chi connectivity index (χ3v) is 7.80. The lowest BCUT2D eigenvalue weighted by Gasteiger charge is -2.25. The lowest BCUT2D eigenvalue weighted by molar-refractivity contribution is -0.111. The number of fused-ring (bicyclic) bond motifs is 2. The molecule has 1 saturated carbocycles. The first-order valence-corrected chi connectivity index (χ1v) is 11.8. The summed E-state index contributed by atoms with van der Waals surface area (Å²) >= 11 is 0. The number of aromatic nitrogens is 1. The van der Waals surface area contributed by atoms with E-state index in [2.05, 4.69) is 9.88 Å². The van der Waals surface area contributed by atoms with Crippen molar-refractivity contribution in [1.82, 2.24) is 4.98 Å². The summed E-state index contributed by atoms with van der Waals surface area (Å²) in [5.74, 6) is 2.18. The quantitative estimate of drug-likeness (QED) is 0.543. The van der Waals surface area contributed by atoms with Gasteiger partial charge in [0.25, 0.3) is 0 Å². The van der Waals surface area contributed by atoms with Gasteiger partial charge in [-0.2, -0.15) is 0 Å². The summed E-state index contributed by atoms with van der Waals surface area (Å²) in [4.78, 5) is 6.61. The second kappa shape index (κ2) is 6.73. The largest absolute Gasteiger partial charge is 0.490 e. The Morgan fingerprint density at radius 3 is 2.83 bits per heavy atom. The van der Waals surface area contributed by atoms with Gasteiger partial charge in [0, 0.05) is 24.5 Å². The molecule has 152 valence electrons. The number of ether oxygens (including phenoxy) is 1. The molecule has 2 bridgehead atoms. The van der Waals surface area contributed by atoms with Crippen LogP contribution in [0.2, 0.25) is 0 Å². The number of benzene rings is 1. The fourth-order valence-corrected chi connectivity index (χ4v) is 6.41. The lowest BCUT2D eigenvalue weighted by atomic mass is 10.0. The number of hydrogen-bond donors (Lipinski definition) is 2. The predicted octanol–water partition coefficient (Wildman–Crippen LogP) is 0.425. The number of nitrogens with zero attached hydrogens (tertiary/aromatic N) is 2. The summed E-state index contributed by atoms with van der Waals surface area (Å²) < 4.78 is 30.1. The average molecular weight is 414 g/mol. The van der Waals surface area contributed by atoms with Crippen molar-refractivity contribution >= 4 is 27.1 Å². The summed E-state index contributed by atoms with van der Waals surface area (Å²) in [6, 6.07) is 9.34. The van der Waals surface area contributed by atoms with Crippen LogP contribution in [0.25, 0.3) is 0 Å². The highest BCUT2D eigenvalue weighted by Crippen LogP contribution is 2.34. The predicted molar refractivity (Wildman–Crippen MR) is 112 cm³/mol. The van der Waals surface area contributed by atoms with Gasteiger partial charge in [0.05, 0.1) is 28.7 Å². The molecule has 3 heterocycles. The molecule has 0 amide bonds. The number of rotatable bonds is 5. The van der Waals surface area contributed by atoms with Crippen LogP contribution < -0.4 is 20.8 Å². The molecule has 3 aliphatic rings. The maximum absolute atomic E-state index is 12.1. The van der Waals surface area contributed by atoms with Crippen LogP contribution in [0.15, 0.2) is 36.5 Å². The molecule has 0 radical (unpaired) electrons. The molecule has 1 aromatic carbocycles. The van der Waals surface area contributed by atoms with Gasteiger partial charge in [0.2, 0.25) is 5.71 Å². The van der Waals surface area contributed by atoms with Crippen molar-refractivity contribution in [1.29, 1.82) is 0 Å². The third-order valence-electron chi connectivity index (χ3n) is 5.93. The van der Waals surface area contributed by atoms with Crippen LogP contribution in [-0.4, -0.2) is 49.3 Å². The zero-order chi connectivity index (χ0) is 20.2. The molecule has 0 spiro atoms. The monoisotopic (exact) mass is 413 g/mol. The van der Waals surface area contributed by atoms with Crippen molar-refractivity contribution in [3.05, 3.63) is 47.7 Å². The molecular weight excluding hydrogens is 388 g/mol. The van der Waals surface area contributed by atoms with Crippen LogP contribution >= 0.6 is 0 Å². The van der Waals surface area contributed by atoms with E-state index in [1.165, 1.54) is 0 Å². The SMILES string of the molecule is Nc1ccc(OC2CC2)cc1C(=[NH2+])c1ccnc(N2CC3CC2CS(=O)(=O)C3)c1. The first-order chi connectivity index (χ1) is 13.9. The molecule has 2 aliphatic heterocycles. The number of anilines is 2. The first kappa shape index (κ1) is 18.4. The van der Waals surface area contributed by atoms with E-state index in [1.807, 2.05) is 30.3 Å². The summed E-state index contributed by atoms with van der Waals surface area (Å²) in [7, 11) is -2.97. The topological polar surface area (TPSA) is 111 Å². The first-order valence-electron chi connectivity index (χ1n) is 10.0. The molecule has 1 aliphatic carbocycles. The maximum atomic E-state index is 12.1. The van der Waals surface area contributed by atoms with Crippen molar-refractivity contribution in [2.45, 2.75) is 31.4 Å². The van der Waals surface area contributed by atoms with E-state index in [9.17, 15) is 8.42 Å². The smallest absolute Gasteiger partial charge is 0.213 e. The van der Waals surface area contributed by atoms with Gasteiger partial charge in [-0.3, -0.25) is 5.41 Å². The van der Waals surface area contributed by atoms with Gasteiger partial charge in [-0.25, -0.2) is 13.4 Å². The van der Waals surface area contributed by atoms with Crippen molar-refractivity contribution in [3.8, 4) is 5.75 Å². The highest BCUT2D eigenvalue weighted by molar-refractivity contribution is 7.91. The summed E-state index contributed by atoms with van der Waals surface area (Å²) in [6.07, 6.45) is 5.08. The van der Waals surface area contributed by atoms with Gasteiger partial charge in [-0.1, -0.05) is 0 Å². The molecule has 2 saturated heterocycles. The fourth-order valence-electron chi connectivity index (χ4n) is 4.41. The molecule has 29 heavy (non-hydrogen) atoms. The van der Waals surface area contributed by atoms with E-state index in [0.717, 1.165) is 42.0 Å². The molecule has 5 rings (SSSR count). The Hall–Kier alpha value is -2.61. The van der Waals surface area contributed by atoms with Crippen LogP contribution in [0, 0.1) is 5.92 Å². The van der Waals surface area contributed by atoms with Gasteiger partial charge >= 0.3 is 0 Å². The Bertz CT molecular complexity index is 1080. The summed E-state index contributed by atoms with van der Waals surface area (Å²) in [5, 5.41) is 6.49. The van der Waals surface area contributed by atoms with Gasteiger partial charge in [0.1, 0.15) is 11.6 Å². The van der Waals surface area contributed by atoms with E-state index in [0.29, 0.717) is 24.0 Å². The number of nitrogen functional groups attached to an aromatic ring is 1. The van der Waals surface area contributed by atoms with E-state index >= 15 is 0 Å². The Balaban J connectivity index is 1.42. The molecule has 8 heteroatoms. The van der Waals surface area contributed by atoms with Crippen LogP contribution in [0.3, 0.4) is 0 Å². The zero-order valence-corrected chi connectivity index (χ0v) is 16.9. The fraction of sp³-hybridized carbons (Fsp3) is 0.429. The van der Waals surface area contributed by atoms with E-state index in [1.54, 1.807) is 6.20 Å². The number of sulfone groups is 1. The molecule has 4 N–H and O–H groups in total.